The fourth-order valence-electron chi connectivity index (χ4n) is 1.85. The Morgan fingerprint density at radius 1 is 1.06 bits per heavy atom. The molecule has 1 aromatic rings. The molecule has 102 valence electrons. The fourth-order valence-corrected chi connectivity index (χ4v) is 1.85. The summed E-state index contributed by atoms with van der Waals surface area (Å²) in [5.74, 6) is 0. The van der Waals surface area contributed by atoms with E-state index < -0.39 is 11.7 Å². The number of hydrogen-bond acceptors (Lipinski definition) is 1. The molecule has 0 atom stereocenters. The minimum Gasteiger partial charge on any atom is -0.313 e. The van der Waals surface area contributed by atoms with E-state index in [1.807, 2.05) is 0 Å². The van der Waals surface area contributed by atoms with Crippen LogP contribution in [0, 0.1) is 0 Å². The van der Waals surface area contributed by atoms with Crippen LogP contribution < -0.4 is 5.32 Å². The van der Waals surface area contributed by atoms with Gasteiger partial charge >= 0.3 is 6.18 Å². The van der Waals surface area contributed by atoms with E-state index in [4.69, 9.17) is 0 Å². The van der Waals surface area contributed by atoms with Crippen molar-refractivity contribution in [2.24, 2.45) is 0 Å². The van der Waals surface area contributed by atoms with Crippen molar-refractivity contribution in [3.8, 4) is 0 Å². The van der Waals surface area contributed by atoms with E-state index in [2.05, 4.69) is 12.2 Å². The Morgan fingerprint density at radius 3 is 2.44 bits per heavy atom. The lowest BCUT2D eigenvalue weighted by atomic mass is 10.1. The van der Waals surface area contributed by atoms with Crippen molar-refractivity contribution in [1.82, 2.24) is 5.32 Å². The number of alkyl halides is 3. The second kappa shape index (κ2) is 7.41. The van der Waals surface area contributed by atoms with Crippen molar-refractivity contribution in [2.45, 2.75) is 45.3 Å². The number of hydrogen-bond donors (Lipinski definition) is 1. The Kier molecular flexibility index (Phi) is 6.19. The third-order valence-corrected chi connectivity index (χ3v) is 2.85. The highest BCUT2D eigenvalue weighted by atomic mass is 19.4. The topological polar surface area (TPSA) is 12.0 Å². The number of unbranched alkanes of at least 4 members (excludes halogenated alkanes) is 3. The summed E-state index contributed by atoms with van der Waals surface area (Å²) < 4.78 is 38.1. The second-order valence-electron chi connectivity index (χ2n) is 4.39. The van der Waals surface area contributed by atoms with E-state index in [1.54, 1.807) is 6.07 Å². The average molecular weight is 259 g/mol. The molecule has 0 aromatic heterocycles. The van der Waals surface area contributed by atoms with Gasteiger partial charge in [-0.05, 0) is 24.6 Å². The molecule has 0 amide bonds. The maximum atomic E-state index is 12.7. The van der Waals surface area contributed by atoms with Gasteiger partial charge in [-0.15, -0.1) is 0 Å². The lowest BCUT2D eigenvalue weighted by Crippen LogP contribution is -2.18. The molecular weight excluding hydrogens is 239 g/mol. The summed E-state index contributed by atoms with van der Waals surface area (Å²) in [5, 5.41) is 3.07. The number of benzene rings is 1. The van der Waals surface area contributed by atoms with E-state index in [0.29, 0.717) is 5.56 Å². The lowest BCUT2D eigenvalue weighted by Gasteiger charge is -2.13. The van der Waals surface area contributed by atoms with Gasteiger partial charge in [0.05, 0.1) is 5.56 Å². The first-order valence-corrected chi connectivity index (χ1v) is 6.41. The van der Waals surface area contributed by atoms with Crippen LogP contribution in [0.4, 0.5) is 13.2 Å². The van der Waals surface area contributed by atoms with Crippen LogP contribution in [-0.4, -0.2) is 6.54 Å². The van der Waals surface area contributed by atoms with Crippen LogP contribution in [0.2, 0.25) is 0 Å². The number of nitrogens with one attached hydrogen (secondary N) is 1. The van der Waals surface area contributed by atoms with Crippen molar-refractivity contribution in [1.29, 1.82) is 0 Å². The van der Waals surface area contributed by atoms with Gasteiger partial charge in [-0.1, -0.05) is 44.4 Å². The van der Waals surface area contributed by atoms with Gasteiger partial charge in [0, 0.05) is 6.54 Å². The molecule has 1 rings (SSSR count). The Bertz CT molecular complexity index is 347. The summed E-state index contributed by atoms with van der Waals surface area (Å²) in [6, 6.07) is 5.73. The molecule has 0 aliphatic heterocycles. The molecule has 0 bridgehead atoms. The third-order valence-electron chi connectivity index (χ3n) is 2.85. The Morgan fingerprint density at radius 2 is 1.78 bits per heavy atom. The van der Waals surface area contributed by atoms with Crippen molar-refractivity contribution < 1.29 is 13.2 Å². The first-order valence-electron chi connectivity index (χ1n) is 6.41. The molecule has 0 fully saturated rings. The molecule has 4 heteroatoms. The summed E-state index contributed by atoms with van der Waals surface area (Å²) in [4.78, 5) is 0. The summed E-state index contributed by atoms with van der Waals surface area (Å²) in [6.45, 7) is 3.18. The minimum atomic E-state index is -4.26. The van der Waals surface area contributed by atoms with Gasteiger partial charge in [-0.2, -0.15) is 13.2 Å². The average Bonchev–Trinajstić information content (AvgIpc) is 2.33. The van der Waals surface area contributed by atoms with Crippen LogP contribution in [0.3, 0.4) is 0 Å². The van der Waals surface area contributed by atoms with Crippen molar-refractivity contribution in [2.75, 3.05) is 6.54 Å². The molecular formula is C14H20F3N. The van der Waals surface area contributed by atoms with Crippen LogP contribution in [0.1, 0.15) is 43.7 Å². The zero-order valence-electron chi connectivity index (χ0n) is 10.7. The molecule has 0 spiro atoms. The molecule has 1 N–H and O–H groups in total. The molecule has 0 radical (unpaired) electrons. The highest BCUT2D eigenvalue weighted by Gasteiger charge is 2.32. The summed E-state index contributed by atoms with van der Waals surface area (Å²) >= 11 is 0. The molecule has 18 heavy (non-hydrogen) atoms. The van der Waals surface area contributed by atoms with Crippen LogP contribution in [0.5, 0.6) is 0 Å². The Hall–Kier alpha value is -1.03. The molecule has 0 heterocycles. The largest absolute Gasteiger partial charge is 0.416 e. The highest BCUT2D eigenvalue weighted by molar-refractivity contribution is 5.29. The number of rotatable bonds is 7. The fraction of sp³-hybridized carbons (Fsp3) is 0.571. The van der Waals surface area contributed by atoms with Crippen LogP contribution in [0.25, 0.3) is 0 Å². The maximum Gasteiger partial charge on any atom is 0.416 e. The van der Waals surface area contributed by atoms with Gasteiger partial charge < -0.3 is 5.32 Å². The predicted octanol–water partition coefficient (Wildman–Crippen LogP) is 4.38. The summed E-state index contributed by atoms with van der Waals surface area (Å²) in [7, 11) is 0. The summed E-state index contributed by atoms with van der Waals surface area (Å²) in [6.07, 6.45) is 0.227. The standard InChI is InChI=1S/C14H20F3N/c1-2-3-4-7-10-18-11-12-8-5-6-9-13(12)14(15,16)17/h5-6,8-9,18H,2-4,7,10-11H2,1H3. The first kappa shape index (κ1) is 15.0. The van der Waals surface area contributed by atoms with Crippen molar-refractivity contribution in [3.63, 3.8) is 0 Å². The van der Waals surface area contributed by atoms with Gasteiger partial charge in [0.15, 0.2) is 0 Å². The second-order valence-corrected chi connectivity index (χ2v) is 4.39. The zero-order chi connectivity index (χ0) is 13.4. The number of halogens is 3. The van der Waals surface area contributed by atoms with Gasteiger partial charge in [0.1, 0.15) is 0 Å². The quantitative estimate of drug-likeness (QED) is 0.717. The highest BCUT2D eigenvalue weighted by Crippen LogP contribution is 2.31. The van der Waals surface area contributed by atoms with E-state index >= 15 is 0 Å². The van der Waals surface area contributed by atoms with E-state index in [9.17, 15) is 13.2 Å². The molecule has 0 aliphatic rings. The third kappa shape index (κ3) is 5.08. The van der Waals surface area contributed by atoms with Gasteiger partial charge in [-0.25, -0.2) is 0 Å². The lowest BCUT2D eigenvalue weighted by molar-refractivity contribution is -0.138. The van der Waals surface area contributed by atoms with Gasteiger partial charge in [0.2, 0.25) is 0 Å². The minimum absolute atomic E-state index is 0.280. The molecule has 0 unspecified atom stereocenters. The molecule has 0 saturated carbocycles. The van der Waals surface area contributed by atoms with Crippen molar-refractivity contribution >= 4 is 0 Å². The molecule has 1 nitrogen and oxygen atoms in total. The van der Waals surface area contributed by atoms with Crippen LogP contribution in [-0.2, 0) is 12.7 Å². The van der Waals surface area contributed by atoms with Crippen molar-refractivity contribution in [3.05, 3.63) is 35.4 Å². The molecule has 1 aromatic carbocycles. The van der Waals surface area contributed by atoms with Gasteiger partial charge in [0.25, 0.3) is 0 Å². The first-order chi connectivity index (χ1) is 8.55. The van der Waals surface area contributed by atoms with E-state index in [-0.39, 0.29) is 6.54 Å². The zero-order valence-corrected chi connectivity index (χ0v) is 10.7. The Labute approximate surface area is 106 Å². The van der Waals surface area contributed by atoms with Gasteiger partial charge in [-0.3, -0.25) is 0 Å². The van der Waals surface area contributed by atoms with Crippen LogP contribution >= 0.6 is 0 Å². The summed E-state index contributed by atoms with van der Waals surface area (Å²) in [5.41, 5.74) is -0.216. The van der Waals surface area contributed by atoms with E-state index in [0.717, 1.165) is 31.9 Å². The van der Waals surface area contributed by atoms with Crippen LogP contribution in [0.15, 0.2) is 24.3 Å². The monoisotopic (exact) mass is 259 g/mol. The molecule has 0 saturated heterocycles. The molecule has 0 aliphatic carbocycles. The SMILES string of the molecule is CCCCCCNCc1ccccc1C(F)(F)F. The smallest absolute Gasteiger partial charge is 0.313 e. The maximum absolute atomic E-state index is 12.7. The van der Waals surface area contributed by atoms with E-state index in [1.165, 1.54) is 18.6 Å². The Balaban J connectivity index is 2.43. The predicted molar refractivity (Wildman–Crippen MR) is 67.3 cm³/mol. The normalized spacial score (nSPS) is 11.8.